The van der Waals surface area contributed by atoms with Gasteiger partial charge in [-0.1, -0.05) is 45.4 Å². The Balaban J connectivity index is 3.18. The van der Waals surface area contributed by atoms with Crippen LogP contribution in [0.5, 0.6) is 0 Å². The minimum absolute atomic E-state index is 0.144. The molecule has 0 aliphatic carbocycles. The molecule has 50 heavy (non-hydrogen) atoms. The van der Waals surface area contributed by atoms with Gasteiger partial charge in [-0.3, -0.25) is 4.79 Å². The van der Waals surface area contributed by atoms with Gasteiger partial charge in [0.25, 0.3) is 0 Å². The monoisotopic (exact) mass is 725 g/mol. The average molecular weight is 726 g/mol. The van der Waals surface area contributed by atoms with Gasteiger partial charge in [0.05, 0.1) is 119 Å². The van der Waals surface area contributed by atoms with E-state index in [1.54, 1.807) is 7.05 Å². The first kappa shape index (κ1) is 48.4. The van der Waals surface area contributed by atoms with Crippen LogP contribution in [0.3, 0.4) is 0 Å². The molecule has 0 N–H and O–H groups in total. The van der Waals surface area contributed by atoms with Crippen molar-refractivity contribution in [2.75, 3.05) is 139 Å². The summed E-state index contributed by atoms with van der Waals surface area (Å²) in [7, 11) is 1.68. The highest BCUT2D eigenvalue weighted by atomic mass is 16.6. The summed E-state index contributed by atoms with van der Waals surface area (Å²) in [5, 5.41) is 0. The minimum Gasteiger partial charge on any atom is -0.463 e. The summed E-state index contributed by atoms with van der Waals surface area (Å²) in [6.07, 6.45) is 8.41. The molecule has 0 rings (SSSR count). The number of likely N-dealkylation sites (N-methyl/N-ethyl adjacent to an activating group) is 1. The van der Waals surface area contributed by atoms with Crippen molar-refractivity contribution in [1.82, 2.24) is 4.90 Å². The molecular weight excluding hydrogens is 654 g/mol. The van der Waals surface area contributed by atoms with E-state index in [0.29, 0.717) is 132 Å². The largest absolute Gasteiger partial charge is 0.463 e. The number of rotatable bonds is 38. The van der Waals surface area contributed by atoms with Gasteiger partial charge in [0.1, 0.15) is 12.2 Å². The standard InChI is InChI=1S/C36H71NO13/c1-6-7-8-9-10-11-12-13-34(38)49-33-32-48-31-30-47-29-28-46-27-26-45-25-24-44-23-22-43-21-20-42-19-18-41-17-16-40-15-14-37(5)35(39)50-36(2,3)4/h6-33H2,1-5H3. The third-order valence-corrected chi connectivity index (χ3v) is 6.73. The zero-order chi connectivity index (χ0) is 36.8. The summed E-state index contributed by atoms with van der Waals surface area (Å²) in [5.41, 5.74) is -0.512. The van der Waals surface area contributed by atoms with Crippen LogP contribution >= 0.6 is 0 Å². The lowest BCUT2D eigenvalue weighted by atomic mass is 10.1. The molecular formula is C36H71NO13. The fourth-order valence-corrected chi connectivity index (χ4v) is 4.01. The van der Waals surface area contributed by atoms with Gasteiger partial charge >= 0.3 is 12.1 Å². The molecule has 14 nitrogen and oxygen atoms in total. The Bertz CT molecular complexity index is 739. The summed E-state index contributed by atoms with van der Waals surface area (Å²) in [6, 6.07) is 0. The van der Waals surface area contributed by atoms with Crippen LogP contribution in [-0.4, -0.2) is 162 Å². The molecule has 0 atom stereocenters. The third kappa shape index (κ3) is 39.2. The molecule has 0 aliphatic rings. The number of carbonyl (C=O) groups excluding carboxylic acids is 2. The van der Waals surface area contributed by atoms with Crippen LogP contribution in [0.25, 0.3) is 0 Å². The van der Waals surface area contributed by atoms with E-state index in [-0.39, 0.29) is 18.7 Å². The lowest BCUT2D eigenvalue weighted by molar-refractivity contribution is -0.145. The number of amides is 1. The molecule has 0 saturated carbocycles. The van der Waals surface area contributed by atoms with E-state index in [4.69, 9.17) is 52.1 Å². The minimum atomic E-state index is -0.512. The maximum absolute atomic E-state index is 11.9. The van der Waals surface area contributed by atoms with E-state index < -0.39 is 5.60 Å². The fraction of sp³-hybridized carbons (Fsp3) is 0.944. The molecule has 298 valence electrons. The lowest BCUT2D eigenvalue weighted by Gasteiger charge is -2.24. The molecule has 14 heteroatoms. The molecule has 0 saturated heterocycles. The normalized spacial score (nSPS) is 11.6. The summed E-state index contributed by atoms with van der Waals surface area (Å²) in [5.74, 6) is -0.144. The number of unbranched alkanes of at least 4 members (excludes halogenated alkanes) is 6. The quantitative estimate of drug-likeness (QED) is 0.0644. The zero-order valence-electron chi connectivity index (χ0n) is 32.1. The molecule has 0 aromatic carbocycles. The van der Waals surface area contributed by atoms with E-state index in [9.17, 15) is 9.59 Å². The predicted molar refractivity (Wildman–Crippen MR) is 190 cm³/mol. The van der Waals surface area contributed by atoms with Crippen LogP contribution < -0.4 is 0 Å². The van der Waals surface area contributed by atoms with Crippen molar-refractivity contribution in [3.05, 3.63) is 0 Å². The van der Waals surface area contributed by atoms with E-state index in [0.717, 1.165) is 12.8 Å². The number of hydrogen-bond acceptors (Lipinski definition) is 13. The number of hydrogen-bond donors (Lipinski definition) is 0. The van der Waals surface area contributed by atoms with Gasteiger partial charge in [-0.05, 0) is 27.2 Å². The molecule has 0 aromatic heterocycles. The SMILES string of the molecule is CCCCCCCCCC(=O)OCCOCCOCCOCCOCCOCCOCCOCCOCCOCCN(C)C(=O)OC(C)(C)C. The van der Waals surface area contributed by atoms with Crippen LogP contribution in [0.15, 0.2) is 0 Å². The summed E-state index contributed by atoms with van der Waals surface area (Å²) in [4.78, 5) is 25.1. The Kier molecular flexibility index (Phi) is 35.9. The van der Waals surface area contributed by atoms with E-state index >= 15 is 0 Å². The van der Waals surface area contributed by atoms with Crippen molar-refractivity contribution in [3.63, 3.8) is 0 Å². The van der Waals surface area contributed by atoms with Crippen LogP contribution in [-0.2, 0) is 56.9 Å². The smallest absolute Gasteiger partial charge is 0.410 e. The molecule has 0 bridgehead atoms. The molecule has 0 heterocycles. The van der Waals surface area contributed by atoms with Gasteiger partial charge in [-0.15, -0.1) is 0 Å². The van der Waals surface area contributed by atoms with Gasteiger partial charge in [0.2, 0.25) is 0 Å². The van der Waals surface area contributed by atoms with E-state index in [1.165, 1.54) is 37.0 Å². The molecule has 0 unspecified atom stereocenters. The van der Waals surface area contributed by atoms with Gasteiger partial charge in [-0.25, -0.2) is 4.79 Å². The highest BCUT2D eigenvalue weighted by Gasteiger charge is 2.19. The number of ether oxygens (including phenoxy) is 11. The number of carbonyl (C=O) groups is 2. The molecule has 0 aliphatic heterocycles. The predicted octanol–water partition coefficient (Wildman–Crippen LogP) is 4.69. The second-order valence-corrected chi connectivity index (χ2v) is 12.5. The average Bonchev–Trinajstić information content (AvgIpc) is 3.07. The Morgan fingerprint density at radius 2 is 0.780 bits per heavy atom. The van der Waals surface area contributed by atoms with E-state index in [1.807, 2.05) is 20.8 Å². The second kappa shape index (κ2) is 37.1. The van der Waals surface area contributed by atoms with Crippen molar-refractivity contribution in [1.29, 1.82) is 0 Å². The van der Waals surface area contributed by atoms with Crippen LogP contribution in [0.4, 0.5) is 4.79 Å². The highest BCUT2D eigenvalue weighted by Crippen LogP contribution is 2.09. The Labute approximate surface area is 302 Å². The Morgan fingerprint density at radius 1 is 0.460 bits per heavy atom. The summed E-state index contributed by atoms with van der Waals surface area (Å²) in [6.45, 7) is 16.9. The molecule has 0 radical (unpaired) electrons. The van der Waals surface area contributed by atoms with Gasteiger partial charge < -0.3 is 57.0 Å². The van der Waals surface area contributed by atoms with Crippen LogP contribution in [0.1, 0.15) is 79.1 Å². The summed E-state index contributed by atoms with van der Waals surface area (Å²) >= 11 is 0. The van der Waals surface area contributed by atoms with Gasteiger partial charge in [0, 0.05) is 20.0 Å². The van der Waals surface area contributed by atoms with Crippen molar-refractivity contribution in [3.8, 4) is 0 Å². The topological polar surface area (TPSA) is 139 Å². The van der Waals surface area contributed by atoms with Crippen LogP contribution in [0.2, 0.25) is 0 Å². The molecule has 1 amide bonds. The Morgan fingerprint density at radius 3 is 1.14 bits per heavy atom. The molecule has 0 aromatic rings. The zero-order valence-corrected chi connectivity index (χ0v) is 32.1. The van der Waals surface area contributed by atoms with Gasteiger partial charge in [-0.2, -0.15) is 0 Å². The lowest BCUT2D eigenvalue weighted by Crippen LogP contribution is -2.36. The fourth-order valence-electron chi connectivity index (χ4n) is 4.01. The highest BCUT2D eigenvalue weighted by molar-refractivity contribution is 5.69. The first-order valence-corrected chi connectivity index (χ1v) is 18.6. The first-order valence-electron chi connectivity index (χ1n) is 18.6. The molecule has 0 spiro atoms. The van der Waals surface area contributed by atoms with Crippen molar-refractivity contribution < 1.29 is 61.7 Å². The number of esters is 1. The number of nitrogens with zero attached hydrogens (tertiary/aromatic N) is 1. The van der Waals surface area contributed by atoms with Crippen molar-refractivity contribution >= 4 is 12.1 Å². The van der Waals surface area contributed by atoms with Crippen molar-refractivity contribution in [2.45, 2.75) is 84.7 Å². The maximum Gasteiger partial charge on any atom is 0.410 e. The Hall–Kier alpha value is -1.62. The third-order valence-electron chi connectivity index (χ3n) is 6.73. The first-order chi connectivity index (χ1) is 24.3. The second-order valence-electron chi connectivity index (χ2n) is 12.5. The van der Waals surface area contributed by atoms with Crippen molar-refractivity contribution in [2.24, 2.45) is 0 Å². The van der Waals surface area contributed by atoms with Crippen LogP contribution in [0, 0.1) is 0 Å². The maximum atomic E-state index is 11.9. The summed E-state index contributed by atoms with van der Waals surface area (Å²) < 4.78 is 59.7. The molecule has 0 fully saturated rings. The van der Waals surface area contributed by atoms with Gasteiger partial charge in [0.15, 0.2) is 0 Å². The van der Waals surface area contributed by atoms with E-state index in [2.05, 4.69) is 6.92 Å².